The summed E-state index contributed by atoms with van der Waals surface area (Å²) in [5, 5.41) is 0. The number of carbonyl (C=O) groups is 1. The highest BCUT2D eigenvalue weighted by atomic mass is 32.2. The van der Waals surface area contributed by atoms with Crippen molar-refractivity contribution in [2.24, 2.45) is 5.41 Å². The maximum absolute atomic E-state index is 13.2. The lowest BCUT2D eigenvalue weighted by atomic mass is 9.90. The maximum Gasteiger partial charge on any atom is 0.227 e. The Hall–Kier alpha value is -2.02. The van der Waals surface area contributed by atoms with Crippen molar-refractivity contribution in [1.82, 2.24) is 14.5 Å². The zero-order valence-electron chi connectivity index (χ0n) is 18.9. The Morgan fingerprint density at radius 2 is 1.94 bits per heavy atom. The Kier molecular flexibility index (Phi) is 8.41. The third-order valence-corrected chi connectivity index (χ3v) is 6.70. The Morgan fingerprint density at radius 3 is 2.61 bits per heavy atom. The molecule has 1 aliphatic heterocycles. The maximum atomic E-state index is 13.2. The van der Waals surface area contributed by atoms with Crippen molar-refractivity contribution in [3.63, 3.8) is 0 Å². The molecular weight excluding hydrogens is 406 g/mol. The molecule has 0 saturated carbocycles. The van der Waals surface area contributed by atoms with Gasteiger partial charge in [0.2, 0.25) is 5.91 Å². The fourth-order valence-electron chi connectivity index (χ4n) is 4.10. The van der Waals surface area contributed by atoms with Gasteiger partial charge in [0.25, 0.3) is 0 Å². The summed E-state index contributed by atoms with van der Waals surface area (Å²) in [7, 11) is 0.880. The highest BCUT2D eigenvalue weighted by molar-refractivity contribution is 7.82. The summed E-state index contributed by atoms with van der Waals surface area (Å²) in [5.41, 5.74) is 1.94. The summed E-state index contributed by atoms with van der Waals surface area (Å²) in [6.07, 6.45) is 14.7. The van der Waals surface area contributed by atoms with E-state index in [0.717, 1.165) is 25.2 Å². The fraction of sp³-hybridized carbons (Fsp3) is 0.480. The minimum Gasteiger partial charge on any atom is -0.337 e. The van der Waals surface area contributed by atoms with E-state index in [1.165, 1.54) is 18.4 Å². The van der Waals surface area contributed by atoms with Crippen molar-refractivity contribution in [2.75, 3.05) is 39.5 Å². The van der Waals surface area contributed by atoms with E-state index in [-0.39, 0.29) is 17.4 Å². The predicted octanol–water partition coefficient (Wildman–Crippen LogP) is 3.61. The van der Waals surface area contributed by atoms with Gasteiger partial charge in [-0.25, -0.2) is 8.93 Å². The van der Waals surface area contributed by atoms with Gasteiger partial charge in [0, 0.05) is 31.8 Å². The van der Waals surface area contributed by atoms with Crippen LogP contribution in [-0.2, 0) is 15.8 Å². The zero-order valence-corrected chi connectivity index (χ0v) is 19.7. The van der Waals surface area contributed by atoms with Crippen LogP contribution in [0.15, 0.2) is 66.3 Å². The molecule has 1 N–H and O–H groups in total. The van der Waals surface area contributed by atoms with Gasteiger partial charge in [0.1, 0.15) is 0 Å². The van der Waals surface area contributed by atoms with Gasteiger partial charge in [-0.3, -0.25) is 4.79 Å². The van der Waals surface area contributed by atoms with Crippen LogP contribution in [0.1, 0.15) is 37.8 Å². The quantitative estimate of drug-likeness (QED) is 0.637. The average Bonchev–Trinajstić information content (AvgIpc) is 3.21. The van der Waals surface area contributed by atoms with Crippen LogP contribution in [0.25, 0.3) is 0 Å². The van der Waals surface area contributed by atoms with Crippen LogP contribution in [0.5, 0.6) is 0 Å². The number of nitrogens with zero attached hydrogens (tertiary/aromatic N) is 2. The van der Waals surface area contributed by atoms with Crippen LogP contribution >= 0.6 is 0 Å². The number of rotatable bonds is 9. The van der Waals surface area contributed by atoms with E-state index in [1.807, 2.05) is 48.4 Å². The van der Waals surface area contributed by atoms with E-state index >= 15 is 0 Å². The van der Waals surface area contributed by atoms with Crippen molar-refractivity contribution in [1.29, 1.82) is 0 Å². The van der Waals surface area contributed by atoms with E-state index in [4.69, 9.17) is 0 Å². The molecule has 168 valence electrons. The fourth-order valence-corrected chi connectivity index (χ4v) is 4.62. The van der Waals surface area contributed by atoms with E-state index in [1.54, 1.807) is 6.26 Å². The van der Waals surface area contributed by atoms with Crippen molar-refractivity contribution in [3.05, 3.63) is 71.8 Å². The molecule has 3 rings (SSSR count). The molecule has 1 fully saturated rings. The second-order valence-electron chi connectivity index (χ2n) is 8.83. The van der Waals surface area contributed by atoms with Crippen LogP contribution in [0.2, 0.25) is 0 Å². The molecule has 31 heavy (non-hydrogen) atoms. The number of hydrogen-bond donors (Lipinski definition) is 1. The standard InChI is InChI=1S/C25H35N3O2S/c1-25(20-26-31(3)30)14-9-10-21(13-15-25)18-24(29)27(2)23(19-28-16-7-8-17-28)22-11-5-4-6-12-22/h4-6,9-15,23,26H,7-8,16-20H2,1-3H3. The molecule has 6 heteroatoms. The molecule has 1 saturated heterocycles. The van der Waals surface area contributed by atoms with Crippen molar-refractivity contribution < 1.29 is 9.00 Å². The highest BCUT2D eigenvalue weighted by Gasteiger charge is 2.26. The molecule has 2 aliphatic rings. The normalized spacial score (nSPS) is 23.3. The van der Waals surface area contributed by atoms with E-state index in [9.17, 15) is 9.00 Å². The molecule has 0 aromatic heterocycles. The van der Waals surface area contributed by atoms with Crippen LogP contribution < -0.4 is 4.72 Å². The number of amides is 1. The number of benzene rings is 1. The molecule has 0 bridgehead atoms. The van der Waals surface area contributed by atoms with Crippen LogP contribution in [0.4, 0.5) is 0 Å². The van der Waals surface area contributed by atoms with Crippen LogP contribution in [0, 0.1) is 5.41 Å². The Labute approximate surface area is 189 Å². The van der Waals surface area contributed by atoms with Gasteiger partial charge in [-0.05, 0) is 37.1 Å². The lowest BCUT2D eigenvalue weighted by Gasteiger charge is -2.32. The molecule has 1 aromatic rings. The first-order valence-corrected chi connectivity index (χ1v) is 12.6. The first-order valence-electron chi connectivity index (χ1n) is 11.0. The number of hydrogen-bond acceptors (Lipinski definition) is 3. The second-order valence-corrected chi connectivity index (χ2v) is 10.0. The minimum absolute atomic E-state index is 0.0479. The number of carbonyl (C=O) groups excluding carboxylic acids is 1. The van der Waals surface area contributed by atoms with Gasteiger partial charge in [-0.1, -0.05) is 67.6 Å². The van der Waals surface area contributed by atoms with E-state index in [0.29, 0.717) is 13.0 Å². The van der Waals surface area contributed by atoms with Gasteiger partial charge in [-0.2, -0.15) is 0 Å². The SMILES string of the molecule is CN(C(=O)CC1=CC=CC(C)(CNS(C)=O)C=C1)C(CN1CCCC1)c1ccccc1. The van der Waals surface area contributed by atoms with Crippen LogP contribution in [-0.4, -0.2) is 59.4 Å². The molecule has 1 aliphatic carbocycles. The van der Waals surface area contributed by atoms with Gasteiger partial charge in [-0.15, -0.1) is 0 Å². The molecule has 3 atom stereocenters. The van der Waals surface area contributed by atoms with E-state index < -0.39 is 11.0 Å². The summed E-state index contributed by atoms with van der Waals surface area (Å²) in [5.74, 6) is 0.119. The molecule has 5 nitrogen and oxygen atoms in total. The summed E-state index contributed by atoms with van der Waals surface area (Å²) in [6.45, 7) is 5.77. The van der Waals surface area contributed by atoms with Gasteiger partial charge >= 0.3 is 0 Å². The predicted molar refractivity (Wildman–Crippen MR) is 129 cm³/mol. The van der Waals surface area contributed by atoms with Crippen molar-refractivity contribution >= 4 is 16.9 Å². The summed E-state index contributed by atoms with van der Waals surface area (Å²) in [4.78, 5) is 17.6. The summed E-state index contributed by atoms with van der Waals surface area (Å²) < 4.78 is 14.4. The molecular formula is C25H35N3O2S. The first-order chi connectivity index (χ1) is 14.9. The minimum atomic E-state index is -1.05. The topological polar surface area (TPSA) is 52.7 Å². The lowest BCUT2D eigenvalue weighted by Crippen LogP contribution is -2.38. The Morgan fingerprint density at radius 1 is 1.23 bits per heavy atom. The highest BCUT2D eigenvalue weighted by Crippen LogP contribution is 2.27. The molecule has 1 amide bonds. The molecule has 0 radical (unpaired) electrons. The lowest BCUT2D eigenvalue weighted by molar-refractivity contribution is -0.131. The summed E-state index contributed by atoms with van der Waals surface area (Å²) in [6, 6.07) is 10.4. The van der Waals surface area contributed by atoms with Crippen LogP contribution in [0.3, 0.4) is 0 Å². The summed E-state index contributed by atoms with van der Waals surface area (Å²) >= 11 is 0. The van der Waals surface area contributed by atoms with Crippen molar-refractivity contribution in [2.45, 2.75) is 32.2 Å². The molecule has 1 aromatic carbocycles. The largest absolute Gasteiger partial charge is 0.337 e. The monoisotopic (exact) mass is 441 g/mol. The number of nitrogens with one attached hydrogen (secondary N) is 1. The van der Waals surface area contributed by atoms with Gasteiger partial charge < -0.3 is 9.80 Å². The Bertz CT molecular complexity index is 859. The third-order valence-electron chi connectivity index (χ3n) is 6.15. The van der Waals surface area contributed by atoms with E-state index in [2.05, 4.69) is 40.8 Å². The zero-order chi connectivity index (χ0) is 22.3. The molecule has 3 unspecified atom stereocenters. The number of likely N-dealkylation sites (N-methyl/N-ethyl adjacent to an activating group) is 1. The smallest absolute Gasteiger partial charge is 0.227 e. The van der Waals surface area contributed by atoms with Gasteiger partial charge in [0.15, 0.2) is 0 Å². The van der Waals surface area contributed by atoms with Crippen molar-refractivity contribution in [3.8, 4) is 0 Å². The molecule has 1 heterocycles. The first kappa shape index (κ1) is 23.6. The number of likely N-dealkylation sites (tertiary alicyclic amines) is 1. The third kappa shape index (κ3) is 6.99. The molecule has 0 spiro atoms. The Balaban J connectivity index is 1.68. The number of allylic oxidation sites excluding steroid dienone is 3. The average molecular weight is 442 g/mol. The second kappa shape index (κ2) is 11.0. The van der Waals surface area contributed by atoms with Gasteiger partial charge in [0.05, 0.1) is 23.4 Å².